The highest BCUT2D eigenvalue weighted by Gasteiger charge is 2.12. The van der Waals surface area contributed by atoms with Gasteiger partial charge in [-0.25, -0.2) is 0 Å². The van der Waals surface area contributed by atoms with Crippen LogP contribution in [0.15, 0.2) is 77.4 Å². The number of aliphatic imine (C=N–C) groups is 1. The molecule has 0 radical (unpaired) electrons. The Labute approximate surface area is 129 Å². The molecule has 4 rings (SSSR count). The standard InChI is InChI=1S/C20H16N2/c1-14(16-10-6-8-15-7-2-3-9-17(15)16)20-13-21-18-11-4-5-12-19(18)22-20/h2-13,22H,1H3/b20-14+. The normalized spacial score (nSPS) is 15.3. The number of nitrogens with zero attached hydrogens (tertiary/aromatic N) is 1. The molecule has 1 N–H and O–H groups in total. The Balaban J connectivity index is 1.86. The van der Waals surface area contributed by atoms with E-state index in [0.29, 0.717) is 0 Å². The minimum atomic E-state index is 0.983. The molecular weight excluding hydrogens is 268 g/mol. The van der Waals surface area contributed by atoms with Crippen molar-refractivity contribution in [2.75, 3.05) is 5.32 Å². The molecule has 0 aliphatic carbocycles. The third-order valence-corrected chi connectivity index (χ3v) is 4.10. The molecule has 0 saturated carbocycles. The number of hydrogen-bond donors (Lipinski definition) is 1. The second-order valence-electron chi connectivity index (χ2n) is 5.47. The van der Waals surface area contributed by atoms with Gasteiger partial charge in [-0.3, -0.25) is 4.99 Å². The average molecular weight is 284 g/mol. The minimum Gasteiger partial charge on any atom is -0.352 e. The third-order valence-electron chi connectivity index (χ3n) is 4.10. The lowest BCUT2D eigenvalue weighted by molar-refractivity contribution is 1.41. The summed E-state index contributed by atoms with van der Waals surface area (Å²) in [7, 11) is 0. The molecule has 106 valence electrons. The molecule has 0 spiro atoms. The van der Waals surface area contributed by atoms with Crippen LogP contribution in [-0.4, -0.2) is 6.21 Å². The van der Waals surface area contributed by atoms with Gasteiger partial charge >= 0.3 is 0 Å². The van der Waals surface area contributed by atoms with E-state index in [1.807, 2.05) is 24.4 Å². The molecule has 1 heterocycles. The number of rotatable bonds is 1. The lowest BCUT2D eigenvalue weighted by Crippen LogP contribution is -2.07. The number of para-hydroxylation sites is 2. The molecule has 0 fully saturated rings. The summed E-state index contributed by atoms with van der Waals surface area (Å²) in [5.74, 6) is 0. The molecule has 0 bridgehead atoms. The topological polar surface area (TPSA) is 24.4 Å². The predicted molar refractivity (Wildman–Crippen MR) is 94.8 cm³/mol. The van der Waals surface area contributed by atoms with E-state index in [0.717, 1.165) is 17.1 Å². The fourth-order valence-electron chi connectivity index (χ4n) is 2.89. The van der Waals surface area contributed by atoms with E-state index in [2.05, 4.69) is 65.8 Å². The van der Waals surface area contributed by atoms with E-state index in [4.69, 9.17) is 0 Å². The highest BCUT2D eigenvalue weighted by molar-refractivity contribution is 6.03. The van der Waals surface area contributed by atoms with Gasteiger partial charge < -0.3 is 5.32 Å². The molecule has 3 aromatic carbocycles. The molecule has 1 aliphatic heterocycles. The first-order chi connectivity index (χ1) is 10.8. The van der Waals surface area contributed by atoms with Crippen LogP contribution >= 0.6 is 0 Å². The summed E-state index contributed by atoms with van der Waals surface area (Å²) in [6, 6.07) is 23.0. The number of fused-ring (bicyclic) bond motifs is 2. The summed E-state index contributed by atoms with van der Waals surface area (Å²) in [5, 5.41) is 6.02. The molecule has 2 heteroatoms. The fraction of sp³-hybridized carbons (Fsp3) is 0.0500. The van der Waals surface area contributed by atoms with Crippen LogP contribution in [0.25, 0.3) is 16.3 Å². The van der Waals surface area contributed by atoms with Crippen molar-refractivity contribution in [3.8, 4) is 0 Å². The predicted octanol–water partition coefficient (Wildman–Crippen LogP) is 5.40. The van der Waals surface area contributed by atoms with Crippen LogP contribution in [0.3, 0.4) is 0 Å². The smallest absolute Gasteiger partial charge is 0.0865 e. The molecule has 22 heavy (non-hydrogen) atoms. The van der Waals surface area contributed by atoms with E-state index < -0.39 is 0 Å². The van der Waals surface area contributed by atoms with Crippen molar-refractivity contribution in [1.82, 2.24) is 0 Å². The number of anilines is 1. The van der Waals surface area contributed by atoms with Gasteiger partial charge in [-0.05, 0) is 41.0 Å². The summed E-state index contributed by atoms with van der Waals surface area (Å²) in [5.41, 5.74) is 5.54. The Morgan fingerprint density at radius 3 is 2.59 bits per heavy atom. The Kier molecular flexibility index (Phi) is 3.01. The monoisotopic (exact) mass is 284 g/mol. The lowest BCUT2D eigenvalue weighted by atomic mass is 9.97. The highest BCUT2D eigenvalue weighted by atomic mass is 15.0. The second kappa shape index (κ2) is 5.15. The van der Waals surface area contributed by atoms with Crippen molar-refractivity contribution in [3.63, 3.8) is 0 Å². The van der Waals surface area contributed by atoms with E-state index in [9.17, 15) is 0 Å². The van der Waals surface area contributed by atoms with E-state index in [1.165, 1.54) is 21.9 Å². The molecular formula is C20H16N2. The molecule has 0 amide bonds. The van der Waals surface area contributed by atoms with Gasteiger partial charge in [0, 0.05) is 0 Å². The molecule has 0 aromatic heterocycles. The van der Waals surface area contributed by atoms with Crippen LogP contribution in [-0.2, 0) is 0 Å². The van der Waals surface area contributed by atoms with Gasteiger partial charge in [-0.15, -0.1) is 0 Å². The summed E-state index contributed by atoms with van der Waals surface area (Å²) in [6.07, 6.45) is 1.92. The number of benzene rings is 3. The van der Waals surface area contributed by atoms with E-state index in [-0.39, 0.29) is 0 Å². The minimum absolute atomic E-state index is 0.983. The summed E-state index contributed by atoms with van der Waals surface area (Å²) >= 11 is 0. The quantitative estimate of drug-likeness (QED) is 0.635. The summed E-state index contributed by atoms with van der Waals surface area (Å²) < 4.78 is 0. The van der Waals surface area contributed by atoms with Crippen molar-refractivity contribution in [2.24, 2.45) is 4.99 Å². The number of allylic oxidation sites excluding steroid dienone is 2. The Morgan fingerprint density at radius 2 is 1.64 bits per heavy atom. The fourth-order valence-corrected chi connectivity index (χ4v) is 2.89. The maximum atomic E-state index is 4.56. The Hall–Kier alpha value is -2.87. The SMILES string of the molecule is C/C(=C1/C=Nc2ccccc2N1)c1cccc2ccccc12. The number of nitrogens with one attached hydrogen (secondary N) is 1. The van der Waals surface area contributed by atoms with Crippen LogP contribution in [0.2, 0.25) is 0 Å². The zero-order valence-electron chi connectivity index (χ0n) is 12.4. The van der Waals surface area contributed by atoms with Crippen molar-refractivity contribution in [1.29, 1.82) is 0 Å². The van der Waals surface area contributed by atoms with Gasteiger partial charge in [0.25, 0.3) is 0 Å². The number of hydrogen-bond acceptors (Lipinski definition) is 2. The first-order valence-corrected chi connectivity index (χ1v) is 7.42. The zero-order valence-corrected chi connectivity index (χ0v) is 12.4. The average Bonchev–Trinajstić information content (AvgIpc) is 2.60. The molecule has 0 unspecified atom stereocenters. The van der Waals surface area contributed by atoms with Crippen LogP contribution in [0, 0.1) is 0 Å². The van der Waals surface area contributed by atoms with Gasteiger partial charge in [0.05, 0.1) is 23.3 Å². The third kappa shape index (κ3) is 2.09. The second-order valence-corrected chi connectivity index (χ2v) is 5.47. The maximum Gasteiger partial charge on any atom is 0.0865 e. The zero-order chi connectivity index (χ0) is 14.9. The van der Waals surface area contributed by atoms with Crippen LogP contribution in [0.1, 0.15) is 12.5 Å². The molecule has 0 saturated heterocycles. The van der Waals surface area contributed by atoms with Gasteiger partial charge in [0.2, 0.25) is 0 Å². The van der Waals surface area contributed by atoms with Crippen molar-refractivity contribution >= 4 is 33.9 Å². The maximum absolute atomic E-state index is 4.56. The van der Waals surface area contributed by atoms with Crippen LogP contribution in [0.5, 0.6) is 0 Å². The Bertz CT molecular complexity index is 914. The molecule has 0 atom stereocenters. The molecule has 2 nitrogen and oxygen atoms in total. The van der Waals surface area contributed by atoms with Crippen LogP contribution in [0.4, 0.5) is 11.4 Å². The summed E-state index contributed by atoms with van der Waals surface area (Å²) in [6.45, 7) is 2.14. The van der Waals surface area contributed by atoms with Gasteiger partial charge in [-0.1, -0.05) is 54.6 Å². The highest BCUT2D eigenvalue weighted by Crippen LogP contribution is 2.32. The van der Waals surface area contributed by atoms with Crippen molar-refractivity contribution < 1.29 is 0 Å². The van der Waals surface area contributed by atoms with Crippen molar-refractivity contribution in [2.45, 2.75) is 6.92 Å². The van der Waals surface area contributed by atoms with E-state index >= 15 is 0 Å². The first kappa shape index (κ1) is 12.8. The largest absolute Gasteiger partial charge is 0.352 e. The Morgan fingerprint density at radius 1 is 0.864 bits per heavy atom. The van der Waals surface area contributed by atoms with E-state index in [1.54, 1.807) is 0 Å². The van der Waals surface area contributed by atoms with Crippen LogP contribution < -0.4 is 5.32 Å². The first-order valence-electron chi connectivity index (χ1n) is 7.42. The molecule has 1 aliphatic rings. The van der Waals surface area contributed by atoms with Gasteiger partial charge in [0.1, 0.15) is 0 Å². The van der Waals surface area contributed by atoms with Crippen molar-refractivity contribution in [3.05, 3.63) is 78.0 Å². The lowest BCUT2D eigenvalue weighted by Gasteiger charge is -2.18. The molecule has 3 aromatic rings. The van der Waals surface area contributed by atoms with Gasteiger partial charge in [-0.2, -0.15) is 0 Å². The summed E-state index contributed by atoms with van der Waals surface area (Å²) in [4.78, 5) is 4.56. The van der Waals surface area contributed by atoms with Gasteiger partial charge in [0.15, 0.2) is 0 Å².